The second-order valence-corrected chi connectivity index (χ2v) is 6.28. The predicted molar refractivity (Wildman–Crippen MR) is 88.6 cm³/mol. The van der Waals surface area contributed by atoms with E-state index in [4.69, 9.17) is 9.47 Å². The van der Waals surface area contributed by atoms with Gasteiger partial charge in [-0.25, -0.2) is 0 Å². The fourth-order valence-corrected chi connectivity index (χ4v) is 3.00. The van der Waals surface area contributed by atoms with Crippen LogP contribution < -0.4 is 14.8 Å². The quantitative estimate of drug-likeness (QED) is 0.762. The van der Waals surface area contributed by atoms with Gasteiger partial charge in [-0.05, 0) is 41.2 Å². The van der Waals surface area contributed by atoms with Crippen molar-refractivity contribution in [3.8, 4) is 11.5 Å². The lowest BCUT2D eigenvalue weighted by molar-refractivity contribution is 0.0935. The number of thioether (sulfide) groups is 1. The molecule has 1 aromatic carbocycles. The molecule has 0 heterocycles. The molecule has 0 aliphatic heterocycles. The van der Waals surface area contributed by atoms with Gasteiger partial charge in [0.1, 0.15) is 16.0 Å². The van der Waals surface area contributed by atoms with Crippen molar-refractivity contribution in [2.75, 3.05) is 27.1 Å². The zero-order valence-electron chi connectivity index (χ0n) is 12.5. The molecule has 0 aliphatic carbocycles. The van der Waals surface area contributed by atoms with Gasteiger partial charge < -0.3 is 19.9 Å². The summed E-state index contributed by atoms with van der Waals surface area (Å²) in [6.45, 7) is 1.87. The van der Waals surface area contributed by atoms with Gasteiger partial charge in [-0.15, -0.1) is 0 Å². The second kappa shape index (κ2) is 8.51. The lowest BCUT2D eigenvalue weighted by Gasteiger charge is -2.21. The normalized spacial score (nSPS) is 13.4. The van der Waals surface area contributed by atoms with Crippen LogP contribution in [0.5, 0.6) is 11.5 Å². The summed E-state index contributed by atoms with van der Waals surface area (Å²) in [4.78, 5) is 12.3. The van der Waals surface area contributed by atoms with Crippen LogP contribution in [0.1, 0.15) is 17.3 Å². The van der Waals surface area contributed by atoms with Crippen molar-refractivity contribution in [2.24, 2.45) is 0 Å². The van der Waals surface area contributed by atoms with E-state index >= 15 is 0 Å². The van der Waals surface area contributed by atoms with Crippen molar-refractivity contribution in [3.63, 3.8) is 0 Å². The first kappa shape index (κ1) is 18.1. The van der Waals surface area contributed by atoms with E-state index in [0.717, 1.165) is 0 Å². The molecule has 0 fully saturated rings. The molecule has 118 valence electrons. The van der Waals surface area contributed by atoms with Crippen molar-refractivity contribution in [1.29, 1.82) is 0 Å². The molecule has 7 heteroatoms. The Bertz CT molecular complexity index is 469. The molecule has 0 aliphatic rings. The summed E-state index contributed by atoms with van der Waals surface area (Å²) in [5.74, 6) is 0.811. The summed E-state index contributed by atoms with van der Waals surface area (Å²) in [6, 6.07) is 3.13. The largest absolute Gasteiger partial charge is 0.495 e. The van der Waals surface area contributed by atoms with Crippen molar-refractivity contribution in [2.45, 2.75) is 18.2 Å². The zero-order valence-corrected chi connectivity index (χ0v) is 14.9. The highest BCUT2D eigenvalue weighted by Gasteiger charge is 2.20. The van der Waals surface area contributed by atoms with E-state index in [1.54, 1.807) is 12.1 Å². The van der Waals surface area contributed by atoms with Crippen LogP contribution >= 0.6 is 27.7 Å². The molecule has 2 unspecified atom stereocenters. The summed E-state index contributed by atoms with van der Waals surface area (Å²) in [6.07, 6.45) is 1.90. The topological polar surface area (TPSA) is 67.8 Å². The van der Waals surface area contributed by atoms with Gasteiger partial charge in [-0.3, -0.25) is 4.79 Å². The minimum atomic E-state index is -0.237. The van der Waals surface area contributed by atoms with Gasteiger partial charge in [0.05, 0.1) is 20.8 Å². The third-order valence-corrected chi connectivity index (χ3v) is 5.05. The molecule has 2 N–H and O–H groups in total. The molecule has 2 atom stereocenters. The summed E-state index contributed by atoms with van der Waals surface area (Å²) in [5.41, 5.74) is 0.441. The molecular formula is C14H20BrNO4S. The monoisotopic (exact) mass is 377 g/mol. The number of hydrogen-bond donors (Lipinski definition) is 2. The molecular weight excluding hydrogens is 358 g/mol. The van der Waals surface area contributed by atoms with Crippen LogP contribution in [0.4, 0.5) is 0 Å². The molecule has 0 spiro atoms. The van der Waals surface area contributed by atoms with E-state index in [2.05, 4.69) is 21.2 Å². The smallest absolute Gasteiger partial charge is 0.251 e. The minimum Gasteiger partial charge on any atom is -0.495 e. The zero-order chi connectivity index (χ0) is 16.0. The standard InChI is InChI=1S/C14H20BrNO4S/c1-8(12(7-17)21-4)16-14(18)9-5-10(19-2)13(15)11(6-9)20-3/h5-6,8,12,17H,7H2,1-4H3,(H,16,18). The van der Waals surface area contributed by atoms with Gasteiger partial charge in [0, 0.05) is 16.9 Å². The SMILES string of the molecule is COc1cc(C(=O)NC(C)C(CO)SC)cc(OC)c1Br. The fourth-order valence-electron chi connectivity index (χ4n) is 1.82. The van der Waals surface area contributed by atoms with Crippen LogP contribution in [0.15, 0.2) is 16.6 Å². The van der Waals surface area contributed by atoms with Gasteiger partial charge >= 0.3 is 0 Å². The lowest BCUT2D eigenvalue weighted by Crippen LogP contribution is -2.41. The third-order valence-electron chi connectivity index (χ3n) is 3.11. The van der Waals surface area contributed by atoms with Crippen LogP contribution in [-0.4, -0.2) is 49.4 Å². The summed E-state index contributed by atoms with van der Waals surface area (Å²) >= 11 is 4.87. The summed E-state index contributed by atoms with van der Waals surface area (Å²) in [7, 11) is 3.05. The van der Waals surface area contributed by atoms with Crippen molar-refractivity contribution >= 4 is 33.6 Å². The second-order valence-electron chi connectivity index (χ2n) is 4.41. The number of rotatable bonds is 7. The van der Waals surface area contributed by atoms with E-state index in [1.165, 1.54) is 26.0 Å². The highest BCUT2D eigenvalue weighted by atomic mass is 79.9. The lowest BCUT2D eigenvalue weighted by atomic mass is 10.1. The Morgan fingerprint density at radius 2 is 1.90 bits per heavy atom. The molecule has 0 saturated carbocycles. The fraction of sp³-hybridized carbons (Fsp3) is 0.500. The first-order valence-corrected chi connectivity index (χ1v) is 8.42. The Morgan fingerprint density at radius 1 is 1.38 bits per heavy atom. The molecule has 1 amide bonds. The Hall–Kier alpha value is -0.920. The Balaban J connectivity index is 2.97. The Labute approximate surface area is 137 Å². The Morgan fingerprint density at radius 3 is 2.29 bits per heavy atom. The highest BCUT2D eigenvalue weighted by molar-refractivity contribution is 9.10. The number of carbonyl (C=O) groups excluding carboxylic acids is 1. The molecule has 0 bridgehead atoms. The van der Waals surface area contributed by atoms with E-state index < -0.39 is 0 Å². The first-order chi connectivity index (χ1) is 9.98. The van der Waals surface area contributed by atoms with Gasteiger partial charge in [-0.2, -0.15) is 11.8 Å². The molecule has 5 nitrogen and oxygen atoms in total. The maximum Gasteiger partial charge on any atom is 0.251 e. The molecule has 0 aromatic heterocycles. The molecule has 1 rings (SSSR count). The van der Waals surface area contributed by atoms with Crippen LogP contribution in [0, 0.1) is 0 Å². The number of aliphatic hydroxyl groups is 1. The van der Waals surface area contributed by atoms with Gasteiger partial charge in [0.2, 0.25) is 0 Å². The summed E-state index contributed by atoms with van der Waals surface area (Å²) < 4.78 is 11.1. The number of nitrogens with one attached hydrogen (secondary N) is 1. The maximum atomic E-state index is 12.3. The van der Waals surface area contributed by atoms with Crippen LogP contribution in [0.3, 0.4) is 0 Å². The minimum absolute atomic E-state index is 0.00952. The number of ether oxygens (including phenoxy) is 2. The molecule has 1 aromatic rings. The van der Waals surface area contributed by atoms with Gasteiger partial charge in [-0.1, -0.05) is 0 Å². The number of aliphatic hydroxyl groups excluding tert-OH is 1. The number of halogens is 1. The van der Waals surface area contributed by atoms with Crippen LogP contribution in [-0.2, 0) is 0 Å². The summed E-state index contributed by atoms with van der Waals surface area (Å²) in [5, 5.41) is 12.1. The number of carbonyl (C=O) groups is 1. The molecule has 0 saturated heterocycles. The van der Waals surface area contributed by atoms with Crippen molar-refractivity contribution in [1.82, 2.24) is 5.32 Å². The number of hydrogen-bond acceptors (Lipinski definition) is 5. The first-order valence-electron chi connectivity index (χ1n) is 6.34. The molecule has 21 heavy (non-hydrogen) atoms. The predicted octanol–water partition coefficient (Wildman–Crippen LogP) is 2.31. The molecule has 0 radical (unpaired) electrons. The van der Waals surface area contributed by atoms with E-state index in [1.807, 2.05) is 13.2 Å². The number of amides is 1. The van der Waals surface area contributed by atoms with Crippen molar-refractivity contribution in [3.05, 3.63) is 22.2 Å². The van der Waals surface area contributed by atoms with E-state index in [0.29, 0.717) is 21.5 Å². The van der Waals surface area contributed by atoms with Gasteiger partial charge in [0.25, 0.3) is 5.91 Å². The third kappa shape index (κ3) is 4.52. The van der Waals surface area contributed by atoms with E-state index in [9.17, 15) is 9.90 Å². The maximum absolute atomic E-state index is 12.3. The van der Waals surface area contributed by atoms with E-state index in [-0.39, 0.29) is 23.8 Å². The van der Waals surface area contributed by atoms with Crippen molar-refractivity contribution < 1.29 is 19.4 Å². The van der Waals surface area contributed by atoms with Gasteiger partial charge in [0.15, 0.2) is 0 Å². The average molecular weight is 378 g/mol. The Kier molecular flexibility index (Phi) is 7.34. The van der Waals surface area contributed by atoms with Crippen LogP contribution in [0.25, 0.3) is 0 Å². The number of benzene rings is 1. The number of methoxy groups -OCH3 is 2. The average Bonchev–Trinajstić information content (AvgIpc) is 2.48. The highest BCUT2D eigenvalue weighted by Crippen LogP contribution is 2.35. The van der Waals surface area contributed by atoms with Crippen LogP contribution in [0.2, 0.25) is 0 Å².